The van der Waals surface area contributed by atoms with Crippen LogP contribution in [0.25, 0.3) is 0 Å². The molecule has 4 rings (SSSR count). The van der Waals surface area contributed by atoms with Gasteiger partial charge in [0.05, 0.1) is 12.3 Å². The molecule has 0 saturated carbocycles. The van der Waals surface area contributed by atoms with Crippen LogP contribution in [0.1, 0.15) is 122 Å². The van der Waals surface area contributed by atoms with E-state index >= 15 is 4.79 Å². The summed E-state index contributed by atoms with van der Waals surface area (Å²) >= 11 is 0. The molecule has 2 aromatic rings. The smallest absolute Gasteiger partial charge is 0.329 e. The number of amides is 7. The molecule has 0 aromatic heterocycles. The Labute approximate surface area is 427 Å². The van der Waals surface area contributed by atoms with Crippen LogP contribution in [0, 0.1) is 11.3 Å². The molecule has 0 unspecified atom stereocenters. The molecule has 7 amide bonds. The Balaban J connectivity index is 1.84. The van der Waals surface area contributed by atoms with Gasteiger partial charge in [0, 0.05) is 32.7 Å². The zero-order valence-corrected chi connectivity index (χ0v) is 42.6. The molecule has 0 radical (unpaired) electrons. The van der Waals surface area contributed by atoms with Crippen molar-refractivity contribution >= 4 is 59.1 Å². The Morgan fingerprint density at radius 3 is 1.99 bits per heavy atom. The van der Waals surface area contributed by atoms with Gasteiger partial charge in [0.25, 0.3) is 0 Å². The van der Waals surface area contributed by atoms with Crippen LogP contribution < -0.4 is 32.3 Å². The molecule has 2 aliphatic rings. The molecular formula is C52H75N9O12. The van der Waals surface area contributed by atoms with E-state index in [1.54, 1.807) is 74.5 Å². The third-order valence-corrected chi connectivity index (χ3v) is 13.1. The maximum atomic E-state index is 15.1. The number of nitrogens with one attached hydrogen (secondary N) is 6. The van der Waals surface area contributed by atoms with Crippen molar-refractivity contribution in [1.29, 1.82) is 5.41 Å². The molecule has 0 spiro atoms. The molecule has 2 aromatic carbocycles. The standard InChI is InChI=1S/C52H75N9O12/c1-6-7-8-9-16-25-41(62)55-37(30-43(64)65)47(67)59-45-32(4)73-52(72)44(31(2)3)58-48(68)38(28-33-19-12-10-13-20-33)60(5)51(71)39(29-34-21-14-11-15-22-34)61-42(63)27-26-36(50(61)70)57-46(66)35(56-49(45)69)23-17-18-24-40(53)54/h10-15,19-22,31-32,35-39,42,44-45,63H,6-9,16-18,23-30H2,1-5H3,(H3,53,54)(H,55,62)(H,56,69)(H,57,66)(H,58,68)(H,59,67)(H,64,65)/t32-,35-,36-,37+,38-,39+,42+,44+,45+/m1/s1. The second kappa shape index (κ2) is 29.0. The molecular weight excluding hydrogens is 943 g/mol. The van der Waals surface area contributed by atoms with Crippen molar-refractivity contribution in [2.24, 2.45) is 11.7 Å². The Bertz CT molecular complexity index is 2230. The fourth-order valence-electron chi connectivity index (χ4n) is 8.90. The minimum absolute atomic E-state index is 0.00215. The molecule has 2 heterocycles. The molecule has 2 saturated heterocycles. The lowest BCUT2D eigenvalue weighted by Crippen LogP contribution is -2.65. The van der Waals surface area contributed by atoms with Crippen molar-refractivity contribution in [3.63, 3.8) is 0 Å². The fourth-order valence-corrected chi connectivity index (χ4v) is 8.90. The third kappa shape index (κ3) is 18.0. The quantitative estimate of drug-likeness (QED) is 0.0374. The van der Waals surface area contributed by atoms with Crippen LogP contribution in [-0.2, 0) is 60.7 Å². The summed E-state index contributed by atoms with van der Waals surface area (Å²) < 4.78 is 5.87. The predicted molar refractivity (Wildman–Crippen MR) is 269 cm³/mol. The van der Waals surface area contributed by atoms with Gasteiger partial charge in [0.2, 0.25) is 41.4 Å². The first-order chi connectivity index (χ1) is 34.7. The number of cyclic esters (lactones) is 1. The fraction of sp³-hybridized carbons (Fsp3) is 0.577. The minimum Gasteiger partial charge on any atom is -0.481 e. The highest BCUT2D eigenvalue weighted by molar-refractivity contribution is 5.99. The Kier molecular flexibility index (Phi) is 23.3. The summed E-state index contributed by atoms with van der Waals surface area (Å²) in [5.74, 6) is -9.30. The average molecular weight is 1020 g/mol. The SMILES string of the molecule is CCCCCCCC(=O)N[C@@H](CC(=O)O)C(=O)N[C@@H]1C(=O)N[C@H](CCCCC(=N)N)C(=O)N[C@@H]2CC[C@H](O)N(C2=O)[C@@H](Cc2ccccc2)C(=O)N(C)[C@H](Cc2ccccc2)C(=O)N[C@@H](C(C)C)C(=O)O[C@@H]1C. The molecule has 10 N–H and O–H groups in total. The molecule has 2 aliphatic heterocycles. The number of fused-ring (bicyclic) bond motifs is 2. The number of amidine groups is 1. The van der Waals surface area contributed by atoms with Gasteiger partial charge in [0.15, 0.2) is 0 Å². The molecule has 21 nitrogen and oxygen atoms in total. The molecule has 2 bridgehead atoms. The summed E-state index contributed by atoms with van der Waals surface area (Å²) in [5, 5.41) is 42.0. The number of nitrogens with two attached hydrogens (primary N) is 1. The first-order valence-electron chi connectivity index (χ1n) is 25.3. The van der Waals surface area contributed by atoms with Crippen molar-refractivity contribution in [3.05, 3.63) is 71.8 Å². The number of carbonyl (C=O) groups is 9. The number of esters is 1. The van der Waals surface area contributed by atoms with Crippen molar-refractivity contribution < 1.29 is 58.1 Å². The largest absolute Gasteiger partial charge is 0.481 e. The predicted octanol–water partition coefficient (Wildman–Crippen LogP) is 1.97. The van der Waals surface area contributed by atoms with Gasteiger partial charge in [-0.25, -0.2) is 4.79 Å². The number of nitrogens with zero attached hydrogens (tertiary/aromatic N) is 2. The third-order valence-electron chi connectivity index (χ3n) is 13.1. The number of carboxylic acid groups (broad SMARTS) is 1. The van der Waals surface area contributed by atoms with Gasteiger partial charge in [-0.05, 0) is 56.1 Å². The highest BCUT2D eigenvalue weighted by atomic mass is 16.5. The van der Waals surface area contributed by atoms with Crippen LogP contribution in [-0.4, -0.2) is 141 Å². The van der Waals surface area contributed by atoms with Crippen LogP contribution >= 0.6 is 0 Å². The number of hydrogen-bond acceptors (Lipinski definition) is 12. The van der Waals surface area contributed by atoms with E-state index in [9.17, 15) is 48.6 Å². The summed E-state index contributed by atoms with van der Waals surface area (Å²) in [4.78, 5) is 129. The number of piperidine rings is 1. The van der Waals surface area contributed by atoms with Crippen molar-refractivity contribution in [1.82, 2.24) is 36.4 Å². The lowest BCUT2D eigenvalue weighted by molar-refractivity contribution is -0.165. The topological polar surface area (TPSA) is 320 Å². The zero-order chi connectivity index (χ0) is 53.8. The lowest BCUT2D eigenvalue weighted by Gasteiger charge is -2.43. The van der Waals surface area contributed by atoms with E-state index in [0.717, 1.165) is 30.6 Å². The number of likely N-dealkylation sites (N-methyl/N-ethyl adjacent to an activating group) is 1. The number of aliphatic carboxylic acids is 1. The summed E-state index contributed by atoms with van der Waals surface area (Å²) in [6.07, 6.45) is 0.316. The van der Waals surface area contributed by atoms with Crippen LogP contribution in [0.15, 0.2) is 60.7 Å². The van der Waals surface area contributed by atoms with E-state index in [1.807, 2.05) is 6.92 Å². The van der Waals surface area contributed by atoms with Crippen molar-refractivity contribution in [3.8, 4) is 0 Å². The number of benzene rings is 2. The monoisotopic (exact) mass is 1020 g/mol. The Morgan fingerprint density at radius 1 is 0.795 bits per heavy atom. The first kappa shape index (κ1) is 58.7. The van der Waals surface area contributed by atoms with E-state index in [4.69, 9.17) is 15.9 Å². The molecule has 2 fully saturated rings. The molecule has 73 heavy (non-hydrogen) atoms. The van der Waals surface area contributed by atoms with Gasteiger partial charge in [-0.2, -0.15) is 0 Å². The number of carboxylic acids is 1. The maximum Gasteiger partial charge on any atom is 0.329 e. The number of ether oxygens (including phenoxy) is 1. The second-order valence-corrected chi connectivity index (χ2v) is 19.3. The van der Waals surface area contributed by atoms with E-state index in [2.05, 4.69) is 26.6 Å². The number of aliphatic hydroxyl groups is 1. The summed E-state index contributed by atoms with van der Waals surface area (Å²) in [6, 6.07) is 7.01. The van der Waals surface area contributed by atoms with Crippen LogP contribution in [0.3, 0.4) is 0 Å². The number of hydrogen-bond donors (Lipinski definition) is 9. The second-order valence-electron chi connectivity index (χ2n) is 19.3. The molecule has 400 valence electrons. The van der Waals surface area contributed by atoms with Crippen molar-refractivity contribution in [2.45, 2.75) is 179 Å². The number of unbranched alkanes of at least 4 members (excludes halogenated alkanes) is 5. The van der Waals surface area contributed by atoms with E-state index in [0.29, 0.717) is 24.0 Å². The Morgan fingerprint density at radius 2 is 1.40 bits per heavy atom. The number of aliphatic hydroxyl groups excluding tert-OH is 1. The van der Waals surface area contributed by atoms with Gasteiger partial charge in [-0.3, -0.25) is 43.8 Å². The normalized spacial score (nSPS) is 23.9. The van der Waals surface area contributed by atoms with Crippen LogP contribution in [0.4, 0.5) is 0 Å². The van der Waals surface area contributed by atoms with Gasteiger partial charge >= 0.3 is 11.9 Å². The Hall–Kier alpha value is -6.90. The van der Waals surface area contributed by atoms with Gasteiger partial charge in [0.1, 0.15) is 54.6 Å². The summed E-state index contributed by atoms with van der Waals surface area (Å²) in [6.45, 7) is 6.55. The lowest BCUT2D eigenvalue weighted by atomic mass is 9.95. The van der Waals surface area contributed by atoms with Crippen molar-refractivity contribution in [2.75, 3.05) is 7.05 Å². The number of rotatable bonds is 21. The van der Waals surface area contributed by atoms with Gasteiger partial charge < -0.3 is 57.1 Å². The highest BCUT2D eigenvalue weighted by Crippen LogP contribution is 2.25. The first-order valence-corrected chi connectivity index (χ1v) is 25.3. The minimum atomic E-state index is -1.85. The molecule has 9 atom stereocenters. The summed E-state index contributed by atoms with van der Waals surface area (Å²) in [5.41, 5.74) is 6.84. The summed E-state index contributed by atoms with van der Waals surface area (Å²) in [7, 11) is 1.38. The van der Waals surface area contributed by atoms with Gasteiger partial charge in [-0.15, -0.1) is 0 Å². The van der Waals surface area contributed by atoms with Crippen LogP contribution in [0.5, 0.6) is 0 Å². The van der Waals surface area contributed by atoms with Gasteiger partial charge in [-0.1, -0.05) is 114 Å². The highest BCUT2D eigenvalue weighted by Gasteiger charge is 2.46. The molecule has 0 aliphatic carbocycles. The van der Waals surface area contributed by atoms with Crippen LogP contribution in [0.2, 0.25) is 0 Å². The average Bonchev–Trinajstić information content (AvgIpc) is 3.34. The molecule has 21 heteroatoms. The van der Waals surface area contributed by atoms with E-state index in [1.165, 1.54) is 18.9 Å². The van der Waals surface area contributed by atoms with E-state index < -0.39 is 120 Å². The maximum absolute atomic E-state index is 15.1. The zero-order valence-electron chi connectivity index (χ0n) is 42.6. The van der Waals surface area contributed by atoms with E-state index in [-0.39, 0.29) is 57.2 Å². The number of carbonyl (C=O) groups excluding carboxylic acids is 8.